The normalized spacial score (nSPS) is 11.6. The molecule has 2 aromatic rings. The zero-order chi connectivity index (χ0) is 15.6. The van der Waals surface area contributed by atoms with E-state index in [1.807, 2.05) is 13.0 Å². The van der Waals surface area contributed by atoms with Crippen LogP contribution in [0.1, 0.15) is 29.8 Å². The highest BCUT2D eigenvalue weighted by molar-refractivity contribution is 8.13. The molecule has 8 heteroatoms. The first kappa shape index (κ1) is 15.8. The van der Waals surface area contributed by atoms with Crippen molar-refractivity contribution >= 4 is 19.7 Å². The minimum absolute atomic E-state index is 0.00676. The molecule has 0 radical (unpaired) electrons. The summed E-state index contributed by atoms with van der Waals surface area (Å²) in [5.74, 6) is 1.06. The summed E-state index contributed by atoms with van der Waals surface area (Å²) in [5, 5.41) is 3.75. The molecule has 1 aromatic carbocycles. The summed E-state index contributed by atoms with van der Waals surface area (Å²) in [6, 6.07) is 3.28. The standard InChI is InChI=1S/C13H15ClN2O4S/c1-4-12-15-11(16-20-12)7-19-13-9(3)5-8(2)6-10(13)21(14,17)18/h5-6H,4,7H2,1-3H3. The second kappa shape index (κ2) is 6.03. The summed E-state index contributed by atoms with van der Waals surface area (Å²) < 4.78 is 33.8. The Morgan fingerprint density at radius 2 is 2.05 bits per heavy atom. The van der Waals surface area contributed by atoms with Gasteiger partial charge in [0.15, 0.2) is 6.61 Å². The number of rotatable bonds is 5. The van der Waals surface area contributed by atoms with Gasteiger partial charge in [-0.3, -0.25) is 0 Å². The Morgan fingerprint density at radius 3 is 2.62 bits per heavy atom. The van der Waals surface area contributed by atoms with Crippen molar-refractivity contribution in [2.75, 3.05) is 0 Å². The highest BCUT2D eigenvalue weighted by Crippen LogP contribution is 2.32. The number of aryl methyl sites for hydroxylation is 3. The van der Waals surface area contributed by atoms with Crippen LogP contribution in [0.4, 0.5) is 0 Å². The van der Waals surface area contributed by atoms with E-state index in [4.69, 9.17) is 19.9 Å². The monoisotopic (exact) mass is 330 g/mol. The number of benzene rings is 1. The van der Waals surface area contributed by atoms with E-state index in [1.54, 1.807) is 13.8 Å². The van der Waals surface area contributed by atoms with Crippen molar-refractivity contribution in [3.63, 3.8) is 0 Å². The van der Waals surface area contributed by atoms with Crippen LogP contribution in [0.25, 0.3) is 0 Å². The zero-order valence-electron chi connectivity index (χ0n) is 11.9. The van der Waals surface area contributed by atoms with Crippen LogP contribution in [0.3, 0.4) is 0 Å². The van der Waals surface area contributed by atoms with Crippen LogP contribution in [0.5, 0.6) is 5.75 Å². The third-order valence-corrected chi connectivity index (χ3v) is 4.13. The number of nitrogens with zero attached hydrogens (tertiary/aromatic N) is 2. The number of hydrogen-bond donors (Lipinski definition) is 0. The summed E-state index contributed by atoms with van der Waals surface area (Å²) in [6.07, 6.45) is 0.623. The summed E-state index contributed by atoms with van der Waals surface area (Å²) >= 11 is 0. The minimum atomic E-state index is -3.90. The molecule has 0 N–H and O–H groups in total. The number of ether oxygens (including phenoxy) is 1. The quantitative estimate of drug-likeness (QED) is 0.784. The summed E-state index contributed by atoms with van der Waals surface area (Å²) in [4.78, 5) is 4.04. The zero-order valence-corrected chi connectivity index (χ0v) is 13.5. The van der Waals surface area contributed by atoms with Gasteiger partial charge in [0.2, 0.25) is 11.7 Å². The van der Waals surface area contributed by atoms with Gasteiger partial charge in [0.05, 0.1) is 0 Å². The molecule has 1 aromatic heterocycles. The van der Waals surface area contributed by atoms with Gasteiger partial charge in [0.1, 0.15) is 10.6 Å². The van der Waals surface area contributed by atoms with Crippen molar-refractivity contribution < 1.29 is 17.7 Å². The fraction of sp³-hybridized carbons (Fsp3) is 0.385. The van der Waals surface area contributed by atoms with Crippen molar-refractivity contribution in [1.82, 2.24) is 10.1 Å². The van der Waals surface area contributed by atoms with Gasteiger partial charge in [0, 0.05) is 17.1 Å². The fourth-order valence-electron chi connectivity index (χ4n) is 1.91. The maximum atomic E-state index is 11.7. The smallest absolute Gasteiger partial charge is 0.265 e. The van der Waals surface area contributed by atoms with Gasteiger partial charge in [-0.1, -0.05) is 18.1 Å². The molecule has 21 heavy (non-hydrogen) atoms. The van der Waals surface area contributed by atoms with Gasteiger partial charge in [-0.2, -0.15) is 4.98 Å². The average molecular weight is 331 g/mol. The fourth-order valence-corrected chi connectivity index (χ4v) is 3.02. The SMILES string of the molecule is CCc1nc(COc2c(C)cc(C)cc2S(=O)(=O)Cl)no1. The van der Waals surface area contributed by atoms with Crippen LogP contribution in [0.15, 0.2) is 21.6 Å². The molecule has 0 saturated heterocycles. The molecule has 0 aliphatic heterocycles. The van der Waals surface area contributed by atoms with Crippen LogP contribution in [0.2, 0.25) is 0 Å². The third-order valence-electron chi connectivity index (χ3n) is 2.81. The summed E-state index contributed by atoms with van der Waals surface area (Å²) in [5.41, 5.74) is 1.46. The Kier molecular flexibility index (Phi) is 4.53. The number of hydrogen-bond acceptors (Lipinski definition) is 6. The van der Waals surface area contributed by atoms with Gasteiger partial charge in [-0.15, -0.1) is 0 Å². The summed E-state index contributed by atoms with van der Waals surface area (Å²) in [7, 11) is 1.56. The lowest BCUT2D eigenvalue weighted by Crippen LogP contribution is -2.04. The van der Waals surface area contributed by atoms with E-state index >= 15 is 0 Å². The van der Waals surface area contributed by atoms with Crippen molar-refractivity contribution in [3.05, 3.63) is 35.0 Å². The van der Waals surface area contributed by atoms with Crippen LogP contribution >= 0.6 is 10.7 Å². The van der Waals surface area contributed by atoms with Gasteiger partial charge in [0.25, 0.3) is 9.05 Å². The van der Waals surface area contributed by atoms with E-state index in [-0.39, 0.29) is 17.3 Å². The van der Waals surface area contributed by atoms with Crippen LogP contribution in [-0.2, 0) is 22.1 Å². The first-order valence-corrected chi connectivity index (χ1v) is 8.62. The van der Waals surface area contributed by atoms with Crippen molar-refractivity contribution in [1.29, 1.82) is 0 Å². The molecule has 2 rings (SSSR count). The van der Waals surface area contributed by atoms with Crippen molar-refractivity contribution in [3.8, 4) is 5.75 Å². The lowest BCUT2D eigenvalue weighted by atomic mass is 10.1. The van der Waals surface area contributed by atoms with Crippen LogP contribution < -0.4 is 4.74 Å². The van der Waals surface area contributed by atoms with E-state index < -0.39 is 9.05 Å². The molecular weight excluding hydrogens is 316 g/mol. The Balaban J connectivity index is 2.31. The first-order valence-electron chi connectivity index (χ1n) is 6.31. The molecule has 0 bridgehead atoms. The molecule has 0 spiro atoms. The highest BCUT2D eigenvalue weighted by Gasteiger charge is 2.20. The first-order chi connectivity index (χ1) is 9.81. The lowest BCUT2D eigenvalue weighted by molar-refractivity contribution is 0.277. The maximum Gasteiger partial charge on any atom is 0.265 e. The van der Waals surface area contributed by atoms with Crippen molar-refractivity contribution in [2.24, 2.45) is 0 Å². The molecule has 0 aliphatic carbocycles. The summed E-state index contributed by atoms with van der Waals surface area (Å²) in [6.45, 7) is 5.43. The molecule has 0 fully saturated rings. The maximum absolute atomic E-state index is 11.7. The molecule has 6 nitrogen and oxygen atoms in total. The predicted octanol–water partition coefficient (Wildman–Crippen LogP) is 2.76. The Bertz CT molecular complexity index is 756. The van der Waals surface area contributed by atoms with Gasteiger partial charge < -0.3 is 9.26 Å². The molecule has 0 unspecified atom stereocenters. The molecule has 114 valence electrons. The lowest BCUT2D eigenvalue weighted by Gasteiger charge is -2.12. The van der Waals surface area contributed by atoms with Gasteiger partial charge in [-0.25, -0.2) is 8.42 Å². The molecule has 1 heterocycles. The number of halogens is 1. The topological polar surface area (TPSA) is 82.3 Å². The van der Waals surface area contributed by atoms with Gasteiger partial charge in [-0.05, 0) is 31.0 Å². The minimum Gasteiger partial charge on any atom is -0.484 e. The Hall–Kier alpha value is -1.60. The van der Waals surface area contributed by atoms with Crippen LogP contribution in [0, 0.1) is 13.8 Å². The Morgan fingerprint density at radius 1 is 1.33 bits per heavy atom. The van der Waals surface area contributed by atoms with E-state index in [0.717, 1.165) is 5.56 Å². The van der Waals surface area contributed by atoms with Gasteiger partial charge >= 0.3 is 0 Å². The predicted molar refractivity (Wildman–Crippen MR) is 77.0 cm³/mol. The largest absolute Gasteiger partial charge is 0.484 e. The van der Waals surface area contributed by atoms with E-state index in [9.17, 15) is 8.42 Å². The second-order valence-corrected chi connectivity index (χ2v) is 7.13. The molecule has 0 atom stereocenters. The molecular formula is C13H15ClN2O4S. The molecule has 0 aliphatic rings. The van der Waals surface area contributed by atoms with Crippen molar-refractivity contribution in [2.45, 2.75) is 38.7 Å². The Labute approximate surface area is 127 Å². The highest BCUT2D eigenvalue weighted by atomic mass is 35.7. The average Bonchev–Trinajstić information content (AvgIpc) is 2.83. The van der Waals surface area contributed by atoms with E-state index in [1.165, 1.54) is 6.07 Å². The molecule has 0 saturated carbocycles. The van der Waals surface area contributed by atoms with E-state index in [0.29, 0.717) is 23.7 Å². The second-order valence-electron chi connectivity index (χ2n) is 4.59. The van der Waals surface area contributed by atoms with Crippen LogP contribution in [-0.4, -0.2) is 18.6 Å². The molecule has 0 amide bonds. The van der Waals surface area contributed by atoms with E-state index in [2.05, 4.69) is 10.1 Å². The third kappa shape index (κ3) is 3.74. The number of aromatic nitrogens is 2.